The number of fused-ring (bicyclic) bond motifs is 1. The molecule has 0 unspecified atom stereocenters. The second-order valence-corrected chi connectivity index (χ2v) is 7.88. The largest absolute Gasteiger partial charge is 0.462 e. The highest BCUT2D eigenvalue weighted by atomic mass is 79.9. The minimum atomic E-state index is -0.343. The summed E-state index contributed by atoms with van der Waals surface area (Å²) in [5, 5.41) is 3.54. The van der Waals surface area contributed by atoms with Crippen molar-refractivity contribution < 1.29 is 14.3 Å². The summed E-state index contributed by atoms with van der Waals surface area (Å²) >= 11 is 4.91. The molecule has 0 fully saturated rings. The van der Waals surface area contributed by atoms with E-state index >= 15 is 0 Å². The molecule has 0 bridgehead atoms. The first-order chi connectivity index (χ1) is 12.1. The normalized spacial score (nSPS) is 13.7. The molecule has 1 aromatic heterocycles. The molecule has 132 valence electrons. The molecule has 0 spiro atoms. The molecule has 1 N–H and O–H groups in total. The third kappa shape index (κ3) is 3.96. The Bertz CT molecular complexity index is 800. The first-order valence-electron chi connectivity index (χ1n) is 8.49. The monoisotopic (exact) mass is 421 g/mol. The number of esters is 1. The number of rotatable bonds is 4. The van der Waals surface area contributed by atoms with Gasteiger partial charge in [-0.15, -0.1) is 11.3 Å². The van der Waals surface area contributed by atoms with Crippen LogP contribution in [0.15, 0.2) is 28.7 Å². The Labute approximate surface area is 159 Å². The van der Waals surface area contributed by atoms with Gasteiger partial charge in [-0.1, -0.05) is 18.6 Å². The van der Waals surface area contributed by atoms with Gasteiger partial charge < -0.3 is 10.1 Å². The highest BCUT2D eigenvalue weighted by molar-refractivity contribution is 9.10. The quantitative estimate of drug-likeness (QED) is 0.544. The van der Waals surface area contributed by atoms with Crippen LogP contribution in [0, 0.1) is 0 Å². The van der Waals surface area contributed by atoms with E-state index in [2.05, 4.69) is 21.2 Å². The number of hydrogen-bond donors (Lipinski definition) is 1. The van der Waals surface area contributed by atoms with Crippen LogP contribution in [0.2, 0.25) is 0 Å². The lowest BCUT2D eigenvalue weighted by Crippen LogP contribution is -2.15. The summed E-state index contributed by atoms with van der Waals surface area (Å²) in [6.07, 6.45) is 5.17. The van der Waals surface area contributed by atoms with Crippen molar-refractivity contribution in [2.75, 3.05) is 11.9 Å². The van der Waals surface area contributed by atoms with Crippen LogP contribution < -0.4 is 5.32 Å². The fraction of sp³-hybridized carbons (Fsp3) is 0.368. The van der Waals surface area contributed by atoms with Crippen LogP contribution in [0.5, 0.6) is 0 Å². The van der Waals surface area contributed by atoms with Crippen molar-refractivity contribution in [3.63, 3.8) is 0 Å². The number of hydrogen-bond acceptors (Lipinski definition) is 4. The number of ether oxygens (including phenoxy) is 1. The van der Waals surface area contributed by atoms with Crippen LogP contribution in [0.3, 0.4) is 0 Å². The van der Waals surface area contributed by atoms with Crippen molar-refractivity contribution in [1.82, 2.24) is 0 Å². The smallest absolute Gasteiger partial charge is 0.341 e. The van der Waals surface area contributed by atoms with E-state index in [0.29, 0.717) is 22.7 Å². The highest BCUT2D eigenvalue weighted by Gasteiger charge is 2.27. The van der Waals surface area contributed by atoms with Gasteiger partial charge in [0.2, 0.25) is 0 Å². The summed E-state index contributed by atoms with van der Waals surface area (Å²) in [7, 11) is 0. The number of amides is 1. The molecule has 3 rings (SSSR count). The van der Waals surface area contributed by atoms with E-state index in [9.17, 15) is 9.59 Å². The molecular weight excluding hydrogens is 402 g/mol. The molecule has 1 heterocycles. The SMILES string of the molecule is CCOC(=O)c1c(NC(=O)c2ccccc2Br)sc2c1CCCCC2. The number of thiophene rings is 1. The van der Waals surface area contributed by atoms with E-state index in [1.807, 2.05) is 18.2 Å². The Hall–Kier alpha value is -1.66. The van der Waals surface area contributed by atoms with E-state index in [1.54, 1.807) is 13.0 Å². The lowest BCUT2D eigenvalue weighted by atomic mass is 10.1. The van der Waals surface area contributed by atoms with Gasteiger partial charge in [-0.05, 0) is 66.2 Å². The average Bonchev–Trinajstić information content (AvgIpc) is 2.76. The Kier molecular flexibility index (Phi) is 5.91. The standard InChI is InChI=1S/C19H20BrNO3S/c1-2-24-19(23)16-13-9-4-3-5-11-15(13)25-18(16)21-17(22)12-8-6-7-10-14(12)20/h6-8,10H,2-5,9,11H2,1H3,(H,21,22). The lowest BCUT2D eigenvalue weighted by molar-refractivity contribution is 0.0527. The van der Waals surface area contributed by atoms with Crippen molar-refractivity contribution in [3.05, 3.63) is 50.3 Å². The maximum atomic E-state index is 12.7. The molecule has 0 atom stereocenters. The Balaban J connectivity index is 1.96. The number of nitrogens with one attached hydrogen (secondary N) is 1. The summed E-state index contributed by atoms with van der Waals surface area (Å²) in [6, 6.07) is 7.25. The summed E-state index contributed by atoms with van der Waals surface area (Å²) in [5.41, 5.74) is 2.15. The predicted octanol–water partition coefficient (Wildman–Crippen LogP) is 5.21. The van der Waals surface area contributed by atoms with Crippen molar-refractivity contribution in [2.45, 2.75) is 39.0 Å². The Morgan fingerprint density at radius 3 is 2.72 bits per heavy atom. The molecular formula is C19H20BrNO3S. The average molecular weight is 422 g/mol. The number of carbonyl (C=O) groups excluding carboxylic acids is 2. The fourth-order valence-electron chi connectivity index (χ4n) is 3.07. The number of aryl methyl sites for hydroxylation is 1. The first kappa shape index (κ1) is 18.1. The maximum Gasteiger partial charge on any atom is 0.341 e. The second-order valence-electron chi connectivity index (χ2n) is 5.92. The molecule has 1 aromatic carbocycles. The van der Waals surface area contributed by atoms with E-state index in [0.717, 1.165) is 35.7 Å². The van der Waals surface area contributed by atoms with Gasteiger partial charge in [-0.25, -0.2) is 4.79 Å². The molecule has 0 saturated heterocycles. The zero-order valence-corrected chi connectivity index (χ0v) is 16.5. The molecule has 2 aromatic rings. The molecule has 0 aliphatic heterocycles. The Morgan fingerprint density at radius 1 is 1.20 bits per heavy atom. The van der Waals surface area contributed by atoms with Crippen LogP contribution in [0.1, 0.15) is 57.3 Å². The predicted molar refractivity (Wildman–Crippen MR) is 104 cm³/mol. The topological polar surface area (TPSA) is 55.4 Å². The first-order valence-corrected chi connectivity index (χ1v) is 10.1. The second kappa shape index (κ2) is 8.15. The summed E-state index contributed by atoms with van der Waals surface area (Å²) < 4.78 is 5.98. The highest BCUT2D eigenvalue weighted by Crippen LogP contribution is 2.38. The minimum Gasteiger partial charge on any atom is -0.462 e. The van der Waals surface area contributed by atoms with Crippen LogP contribution in [0.25, 0.3) is 0 Å². The molecule has 1 amide bonds. The Morgan fingerprint density at radius 2 is 1.96 bits per heavy atom. The van der Waals surface area contributed by atoms with Gasteiger partial charge in [0.25, 0.3) is 5.91 Å². The third-order valence-corrected chi connectivity index (χ3v) is 6.15. The van der Waals surface area contributed by atoms with Gasteiger partial charge in [0.05, 0.1) is 17.7 Å². The van der Waals surface area contributed by atoms with Crippen LogP contribution in [0.4, 0.5) is 5.00 Å². The number of halogens is 1. The van der Waals surface area contributed by atoms with Gasteiger partial charge >= 0.3 is 5.97 Å². The van der Waals surface area contributed by atoms with E-state index in [1.165, 1.54) is 22.6 Å². The number of benzene rings is 1. The van der Waals surface area contributed by atoms with Gasteiger partial charge in [-0.3, -0.25) is 4.79 Å². The van der Waals surface area contributed by atoms with Gasteiger partial charge in [-0.2, -0.15) is 0 Å². The lowest BCUT2D eigenvalue weighted by Gasteiger charge is -2.09. The van der Waals surface area contributed by atoms with Crippen molar-refractivity contribution in [2.24, 2.45) is 0 Å². The zero-order chi connectivity index (χ0) is 17.8. The van der Waals surface area contributed by atoms with Gasteiger partial charge in [0, 0.05) is 9.35 Å². The van der Waals surface area contributed by atoms with E-state index < -0.39 is 0 Å². The molecule has 0 radical (unpaired) electrons. The third-order valence-electron chi connectivity index (χ3n) is 4.25. The number of anilines is 1. The summed E-state index contributed by atoms with van der Waals surface area (Å²) in [5.74, 6) is -0.571. The van der Waals surface area contributed by atoms with Crippen LogP contribution in [-0.2, 0) is 17.6 Å². The van der Waals surface area contributed by atoms with Crippen LogP contribution in [-0.4, -0.2) is 18.5 Å². The van der Waals surface area contributed by atoms with Crippen molar-refractivity contribution in [3.8, 4) is 0 Å². The van der Waals surface area contributed by atoms with Crippen LogP contribution >= 0.6 is 27.3 Å². The minimum absolute atomic E-state index is 0.227. The summed E-state index contributed by atoms with van der Waals surface area (Å²) in [4.78, 5) is 26.4. The molecule has 0 saturated carbocycles. The van der Waals surface area contributed by atoms with Crippen molar-refractivity contribution >= 4 is 44.1 Å². The zero-order valence-electron chi connectivity index (χ0n) is 14.1. The van der Waals surface area contributed by atoms with E-state index in [4.69, 9.17) is 4.74 Å². The molecule has 1 aliphatic rings. The number of carbonyl (C=O) groups is 2. The molecule has 4 nitrogen and oxygen atoms in total. The summed E-state index contributed by atoms with van der Waals surface area (Å²) in [6.45, 7) is 2.11. The maximum absolute atomic E-state index is 12.7. The van der Waals surface area contributed by atoms with Gasteiger partial charge in [0.1, 0.15) is 5.00 Å². The van der Waals surface area contributed by atoms with Crippen molar-refractivity contribution in [1.29, 1.82) is 0 Å². The molecule has 25 heavy (non-hydrogen) atoms. The van der Waals surface area contributed by atoms with Gasteiger partial charge in [0.15, 0.2) is 0 Å². The molecule has 6 heteroatoms. The fourth-order valence-corrected chi connectivity index (χ4v) is 4.80. The van der Waals surface area contributed by atoms with E-state index in [-0.39, 0.29) is 11.9 Å². The molecule has 1 aliphatic carbocycles.